The summed E-state index contributed by atoms with van der Waals surface area (Å²) in [5, 5.41) is 18.5. The molecular formula is C29H34N6O2. The predicted molar refractivity (Wildman–Crippen MR) is 149 cm³/mol. The Hall–Kier alpha value is -4.33. The monoisotopic (exact) mass is 498 g/mol. The Bertz CT molecular complexity index is 1220. The fourth-order valence-corrected chi connectivity index (χ4v) is 4.40. The maximum Gasteiger partial charge on any atom is 0.243 e. The third-order valence-electron chi connectivity index (χ3n) is 6.43. The van der Waals surface area contributed by atoms with Crippen molar-refractivity contribution in [3.05, 3.63) is 90.0 Å². The third-order valence-corrected chi connectivity index (χ3v) is 6.43. The van der Waals surface area contributed by atoms with E-state index in [1.165, 1.54) is 0 Å². The number of hydrogen-bond donors (Lipinski definition) is 4. The molecule has 0 radical (unpaired) electrons. The van der Waals surface area contributed by atoms with Gasteiger partial charge in [-0.2, -0.15) is 0 Å². The van der Waals surface area contributed by atoms with E-state index in [9.17, 15) is 4.79 Å². The summed E-state index contributed by atoms with van der Waals surface area (Å²) < 4.78 is 6.12. The molecule has 0 aliphatic carbocycles. The lowest BCUT2D eigenvalue weighted by Gasteiger charge is -2.32. The standard InChI is InChI=1S/C29H34N6O2/c1-21(30)34-16-14-27(15-17-34)37-26-12-10-24(11-13-26)33-28(36)20-35(19-22-6-3-2-4-7-22)25-9-5-8-23(18-25)29(31)32/h2-13,18,27,30H,14-17,19-20H2,1H3,(H3,31,32)(H,33,36). The Labute approximate surface area is 218 Å². The summed E-state index contributed by atoms with van der Waals surface area (Å²) in [5.41, 5.74) is 8.90. The number of benzene rings is 3. The van der Waals surface area contributed by atoms with E-state index in [1.54, 1.807) is 6.07 Å². The van der Waals surface area contributed by atoms with Crippen molar-refractivity contribution in [3.63, 3.8) is 0 Å². The first kappa shape index (κ1) is 25.8. The number of nitrogens with one attached hydrogen (secondary N) is 3. The van der Waals surface area contributed by atoms with Crippen LogP contribution in [0.1, 0.15) is 30.9 Å². The molecule has 0 saturated carbocycles. The van der Waals surface area contributed by atoms with Gasteiger partial charge in [-0.1, -0.05) is 42.5 Å². The van der Waals surface area contributed by atoms with E-state index in [-0.39, 0.29) is 24.4 Å². The number of hydrogen-bond acceptors (Lipinski definition) is 5. The van der Waals surface area contributed by atoms with Crippen LogP contribution < -0.4 is 20.7 Å². The van der Waals surface area contributed by atoms with Crippen LogP contribution in [0.4, 0.5) is 11.4 Å². The summed E-state index contributed by atoms with van der Waals surface area (Å²) in [4.78, 5) is 17.1. The minimum absolute atomic E-state index is 0.0105. The molecule has 0 bridgehead atoms. The quantitative estimate of drug-likeness (QED) is 0.257. The van der Waals surface area contributed by atoms with Gasteiger partial charge >= 0.3 is 0 Å². The van der Waals surface area contributed by atoms with E-state index >= 15 is 0 Å². The number of piperidine rings is 1. The Morgan fingerprint density at radius 1 is 1.03 bits per heavy atom. The van der Waals surface area contributed by atoms with Gasteiger partial charge in [0, 0.05) is 49.4 Å². The van der Waals surface area contributed by atoms with Gasteiger partial charge in [0.25, 0.3) is 0 Å². The number of anilines is 2. The van der Waals surface area contributed by atoms with Crippen molar-refractivity contribution in [1.82, 2.24) is 4.90 Å². The summed E-state index contributed by atoms with van der Waals surface area (Å²) in [5.74, 6) is 1.22. The van der Waals surface area contributed by atoms with Crippen molar-refractivity contribution >= 4 is 29.0 Å². The van der Waals surface area contributed by atoms with Gasteiger partial charge in [0.2, 0.25) is 5.91 Å². The van der Waals surface area contributed by atoms with Gasteiger partial charge in [0.05, 0.1) is 12.4 Å². The number of likely N-dealkylation sites (tertiary alicyclic amines) is 1. The normalized spacial score (nSPS) is 13.6. The summed E-state index contributed by atoms with van der Waals surface area (Å²) in [6.45, 7) is 4.17. The highest BCUT2D eigenvalue weighted by atomic mass is 16.5. The molecular weight excluding hydrogens is 464 g/mol. The smallest absolute Gasteiger partial charge is 0.243 e. The van der Waals surface area contributed by atoms with Crippen LogP contribution in [0, 0.1) is 10.8 Å². The number of amides is 1. The van der Waals surface area contributed by atoms with Crippen LogP contribution in [-0.4, -0.2) is 48.2 Å². The summed E-state index contributed by atoms with van der Waals surface area (Å²) >= 11 is 0. The molecule has 1 fully saturated rings. The molecule has 5 N–H and O–H groups in total. The molecule has 1 aliphatic rings. The molecule has 192 valence electrons. The van der Waals surface area contributed by atoms with Crippen LogP contribution in [0.5, 0.6) is 5.75 Å². The topological polar surface area (TPSA) is 119 Å². The lowest BCUT2D eigenvalue weighted by molar-refractivity contribution is -0.115. The summed E-state index contributed by atoms with van der Waals surface area (Å²) in [6, 6.07) is 24.8. The molecule has 8 nitrogen and oxygen atoms in total. The second-order valence-electron chi connectivity index (χ2n) is 9.27. The maximum atomic E-state index is 13.0. The highest BCUT2D eigenvalue weighted by molar-refractivity contribution is 5.97. The lowest BCUT2D eigenvalue weighted by Crippen LogP contribution is -2.40. The Balaban J connectivity index is 1.38. The minimum atomic E-state index is -0.146. The van der Waals surface area contributed by atoms with Crippen molar-refractivity contribution < 1.29 is 9.53 Å². The first-order valence-corrected chi connectivity index (χ1v) is 12.5. The zero-order valence-electron chi connectivity index (χ0n) is 21.1. The molecule has 1 heterocycles. The van der Waals surface area contributed by atoms with Crippen LogP contribution in [0.3, 0.4) is 0 Å². The van der Waals surface area contributed by atoms with Crippen molar-refractivity contribution in [2.45, 2.75) is 32.4 Å². The molecule has 3 aromatic carbocycles. The molecule has 0 spiro atoms. The number of carbonyl (C=O) groups is 1. The highest BCUT2D eigenvalue weighted by Crippen LogP contribution is 2.22. The van der Waals surface area contributed by atoms with Gasteiger partial charge in [-0.15, -0.1) is 0 Å². The molecule has 0 atom stereocenters. The molecule has 1 saturated heterocycles. The Morgan fingerprint density at radius 2 is 1.73 bits per heavy atom. The number of nitrogens with zero attached hydrogens (tertiary/aromatic N) is 2. The first-order chi connectivity index (χ1) is 17.9. The number of ether oxygens (including phenoxy) is 1. The predicted octanol–water partition coefficient (Wildman–Crippen LogP) is 4.46. The van der Waals surface area contributed by atoms with E-state index in [0.29, 0.717) is 23.6 Å². The molecule has 1 amide bonds. The summed E-state index contributed by atoms with van der Waals surface area (Å²) in [7, 11) is 0. The third kappa shape index (κ3) is 7.33. The van der Waals surface area contributed by atoms with Gasteiger partial charge in [-0.05, 0) is 48.9 Å². The second-order valence-corrected chi connectivity index (χ2v) is 9.27. The van der Waals surface area contributed by atoms with E-state index < -0.39 is 0 Å². The van der Waals surface area contributed by atoms with Gasteiger partial charge < -0.3 is 25.6 Å². The van der Waals surface area contributed by atoms with Gasteiger partial charge in [-0.25, -0.2) is 0 Å². The van der Waals surface area contributed by atoms with Crippen LogP contribution in [0.2, 0.25) is 0 Å². The number of nitrogens with two attached hydrogens (primary N) is 1. The highest BCUT2D eigenvalue weighted by Gasteiger charge is 2.21. The van der Waals surface area contributed by atoms with Crippen LogP contribution in [0.25, 0.3) is 0 Å². The SMILES string of the molecule is CC(=N)N1CCC(Oc2ccc(NC(=O)CN(Cc3ccccc3)c3cccc(C(=N)N)c3)cc2)CC1. The largest absolute Gasteiger partial charge is 0.490 e. The molecule has 3 aromatic rings. The Kier molecular flexibility index (Phi) is 8.40. The molecule has 0 aromatic heterocycles. The van der Waals surface area contributed by atoms with Gasteiger partial charge in [0.1, 0.15) is 17.7 Å². The van der Waals surface area contributed by atoms with Crippen molar-refractivity contribution in [1.29, 1.82) is 10.8 Å². The average molecular weight is 499 g/mol. The van der Waals surface area contributed by atoms with Crippen LogP contribution in [-0.2, 0) is 11.3 Å². The zero-order valence-corrected chi connectivity index (χ0v) is 21.1. The average Bonchev–Trinajstić information content (AvgIpc) is 2.90. The van der Waals surface area contributed by atoms with Crippen molar-refractivity contribution in [3.8, 4) is 5.75 Å². The lowest BCUT2D eigenvalue weighted by atomic mass is 10.1. The van der Waals surface area contributed by atoms with E-state index in [2.05, 4.69) is 10.2 Å². The molecule has 0 unspecified atom stereocenters. The molecule has 37 heavy (non-hydrogen) atoms. The number of rotatable bonds is 9. The van der Waals surface area contributed by atoms with E-state index in [1.807, 2.05) is 84.6 Å². The van der Waals surface area contributed by atoms with Gasteiger partial charge in [0.15, 0.2) is 0 Å². The molecule has 1 aliphatic heterocycles. The number of amidine groups is 2. The van der Waals surface area contributed by atoms with E-state index in [0.717, 1.165) is 42.9 Å². The minimum Gasteiger partial charge on any atom is -0.490 e. The number of carbonyl (C=O) groups excluding carboxylic acids is 1. The molecule has 4 rings (SSSR count). The van der Waals surface area contributed by atoms with Gasteiger partial charge in [-0.3, -0.25) is 15.6 Å². The van der Waals surface area contributed by atoms with E-state index in [4.69, 9.17) is 21.3 Å². The maximum absolute atomic E-state index is 13.0. The zero-order chi connectivity index (χ0) is 26.2. The number of nitrogen functional groups attached to an aromatic ring is 1. The Morgan fingerprint density at radius 3 is 2.38 bits per heavy atom. The van der Waals surface area contributed by atoms with Crippen LogP contribution >= 0.6 is 0 Å². The fraction of sp³-hybridized carbons (Fsp3) is 0.276. The van der Waals surface area contributed by atoms with Crippen molar-refractivity contribution in [2.75, 3.05) is 29.9 Å². The second kappa shape index (κ2) is 12.1. The van der Waals surface area contributed by atoms with Crippen molar-refractivity contribution in [2.24, 2.45) is 5.73 Å². The fourth-order valence-electron chi connectivity index (χ4n) is 4.40. The molecule has 8 heteroatoms. The first-order valence-electron chi connectivity index (χ1n) is 12.5. The summed E-state index contributed by atoms with van der Waals surface area (Å²) in [6.07, 6.45) is 1.90. The van der Waals surface area contributed by atoms with Crippen LogP contribution in [0.15, 0.2) is 78.9 Å².